The number of ether oxygens (including phenoxy) is 1. The fourth-order valence-electron chi connectivity index (χ4n) is 5.80. The van der Waals surface area contributed by atoms with Crippen molar-refractivity contribution in [1.29, 1.82) is 0 Å². The highest BCUT2D eigenvalue weighted by Crippen LogP contribution is 2.39. The van der Waals surface area contributed by atoms with Crippen molar-refractivity contribution in [3.05, 3.63) is 101 Å². The number of halogens is 7. The van der Waals surface area contributed by atoms with Gasteiger partial charge in [-0.1, -0.05) is 44.7 Å². The van der Waals surface area contributed by atoms with E-state index in [-0.39, 0.29) is 17.0 Å². The Labute approximate surface area is 251 Å². The van der Waals surface area contributed by atoms with Crippen LogP contribution in [0.1, 0.15) is 75.3 Å². The number of rotatable bonds is 10. The highest BCUT2D eigenvalue weighted by molar-refractivity contribution is 5.69. The van der Waals surface area contributed by atoms with Crippen molar-refractivity contribution >= 4 is 0 Å². The second kappa shape index (κ2) is 13.4. The van der Waals surface area contributed by atoms with Crippen molar-refractivity contribution in [2.75, 3.05) is 0 Å². The van der Waals surface area contributed by atoms with Gasteiger partial charge in [0.2, 0.25) is 0 Å². The molecule has 0 radical (unpaired) electrons. The Morgan fingerprint density at radius 3 is 2.00 bits per heavy atom. The second-order valence-electron chi connectivity index (χ2n) is 11.3. The van der Waals surface area contributed by atoms with Crippen LogP contribution in [0.5, 0.6) is 5.75 Å². The molecule has 0 saturated heterocycles. The van der Waals surface area contributed by atoms with E-state index in [4.69, 9.17) is 0 Å². The van der Waals surface area contributed by atoms with Crippen molar-refractivity contribution < 1.29 is 35.5 Å². The van der Waals surface area contributed by atoms with Crippen LogP contribution in [0.3, 0.4) is 0 Å². The second-order valence-corrected chi connectivity index (χ2v) is 11.3. The summed E-state index contributed by atoms with van der Waals surface area (Å²) in [6.45, 7) is 2.21. The highest BCUT2D eigenvalue weighted by Gasteiger charge is 2.41. The van der Waals surface area contributed by atoms with E-state index in [1.54, 1.807) is 12.4 Å². The van der Waals surface area contributed by atoms with E-state index >= 15 is 4.39 Å². The van der Waals surface area contributed by atoms with Gasteiger partial charge in [-0.2, -0.15) is 8.78 Å². The fourth-order valence-corrected chi connectivity index (χ4v) is 5.80. The Balaban J connectivity index is 1.29. The first-order valence-corrected chi connectivity index (χ1v) is 14.7. The summed E-state index contributed by atoms with van der Waals surface area (Å²) in [5.74, 6) is -6.52. The molecule has 1 fully saturated rings. The lowest BCUT2D eigenvalue weighted by atomic mass is 9.77. The van der Waals surface area contributed by atoms with Gasteiger partial charge in [0.25, 0.3) is 0 Å². The van der Waals surface area contributed by atoms with Gasteiger partial charge in [-0.05, 0) is 79.0 Å². The first kappa shape index (κ1) is 31.5. The summed E-state index contributed by atoms with van der Waals surface area (Å²) in [5, 5.41) is 0. The van der Waals surface area contributed by atoms with Crippen LogP contribution in [0, 0.1) is 35.0 Å². The van der Waals surface area contributed by atoms with Crippen LogP contribution in [0.25, 0.3) is 22.5 Å². The molecule has 1 saturated carbocycles. The lowest BCUT2D eigenvalue weighted by Gasteiger charge is -2.28. The Hall–Kier alpha value is -3.95. The zero-order valence-corrected chi connectivity index (χ0v) is 24.0. The third-order valence-electron chi connectivity index (χ3n) is 8.21. The van der Waals surface area contributed by atoms with Gasteiger partial charge >= 0.3 is 6.11 Å². The molecule has 3 nitrogen and oxygen atoms in total. The number of unbranched alkanes of at least 4 members (excludes halogenated alkanes) is 2. The van der Waals surface area contributed by atoms with E-state index in [0.717, 1.165) is 30.4 Å². The van der Waals surface area contributed by atoms with E-state index in [9.17, 15) is 26.3 Å². The molecule has 1 aromatic heterocycles. The number of nitrogens with zero attached hydrogens (tertiary/aromatic N) is 2. The van der Waals surface area contributed by atoms with Crippen LogP contribution in [0.4, 0.5) is 30.7 Å². The Kier molecular flexibility index (Phi) is 9.56. The molecule has 3 aromatic carbocycles. The maximum atomic E-state index is 15.2. The molecule has 0 spiro atoms. The lowest BCUT2D eigenvalue weighted by molar-refractivity contribution is -0.189. The molecular formula is C34H31F7N2O. The minimum atomic E-state index is -4.59. The monoisotopic (exact) mass is 616 g/mol. The summed E-state index contributed by atoms with van der Waals surface area (Å²) >= 11 is 0. The molecule has 44 heavy (non-hydrogen) atoms. The molecule has 0 unspecified atom stereocenters. The molecule has 5 rings (SSSR count). The molecular weight excluding hydrogens is 585 g/mol. The van der Waals surface area contributed by atoms with Gasteiger partial charge in [0, 0.05) is 29.6 Å². The number of benzene rings is 3. The molecule has 10 heteroatoms. The standard InChI is InChI=1S/C34H31F7N2O/c1-2-3-4-5-20-6-8-21(9-7-20)24-18-42-33(43-19-24)22-10-12-26(28(36)14-22)23-15-30(38)32(31(39)16-23)34(40,41)44-25-11-13-27(35)29(37)17-25/h10-21H,2-9H2,1H3. The van der Waals surface area contributed by atoms with Crippen molar-refractivity contribution in [2.24, 2.45) is 5.92 Å². The van der Waals surface area contributed by atoms with Crippen LogP contribution in [-0.4, -0.2) is 9.97 Å². The molecule has 0 atom stereocenters. The lowest BCUT2D eigenvalue weighted by Crippen LogP contribution is -2.25. The zero-order chi connectivity index (χ0) is 31.4. The molecule has 4 aromatic rings. The fraction of sp³-hybridized carbons (Fsp3) is 0.353. The van der Waals surface area contributed by atoms with Crippen molar-refractivity contribution in [1.82, 2.24) is 9.97 Å². The van der Waals surface area contributed by atoms with E-state index < -0.39 is 46.5 Å². The van der Waals surface area contributed by atoms with Gasteiger partial charge in [0.15, 0.2) is 17.5 Å². The summed E-state index contributed by atoms with van der Waals surface area (Å²) in [5.41, 5.74) is -0.967. The number of aromatic nitrogens is 2. The maximum Gasteiger partial charge on any atom is 0.432 e. The maximum absolute atomic E-state index is 15.2. The SMILES string of the molecule is CCCCCC1CCC(c2cnc(-c3ccc(-c4cc(F)c(C(F)(F)Oc5ccc(F)c(F)c5)c(F)c4)c(F)c3)nc2)CC1. The average Bonchev–Trinajstić information content (AvgIpc) is 2.99. The predicted molar refractivity (Wildman–Crippen MR) is 152 cm³/mol. The number of alkyl halides is 2. The van der Waals surface area contributed by atoms with Crippen molar-refractivity contribution in [3.63, 3.8) is 0 Å². The number of hydrogen-bond donors (Lipinski definition) is 0. The van der Waals surface area contributed by atoms with Crippen molar-refractivity contribution in [2.45, 2.75) is 70.3 Å². The van der Waals surface area contributed by atoms with E-state index in [1.165, 1.54) is 50.7 Å². The molecule has 0 amide bonds. The van der Waals surface area contributed by atoms with Crippen LogP contribution < -0.4 is 4.74 Å². The summed E-state index contributed by atoms with van der Waals surface area (Å²) in [6, 6.07) is 6.46. The third-order valence-corrected chi connectivity index (χ3v) is 8.21. The zero-order valence-electron chi connectivity index (χ0n) is 24.0. The van der Waals surface area contributed by atoms with Gasteiger partial charge in [0.05, 0.1) is 0 Å². The molecule has 1 aliphatic rings. The molecule has 232 valence electrons. The summed E-state index contributed by atoms with van der Waals surface area (Å²) in [4.78, 5) is 8.84. The van der Waals surface area contributed by atoms with Gasteiger partial charge in [-0.25, -0.2) is 31.9 Å². The Morgan fingerprint density at radius 2 is 1.39 bits per heavy atom. The summed E-state index contributed by atoms with van der Waals surface area (Å²) in [7, 11) is 0. The summed E-state index contributed by atoms with van der Waals surface area (Å²) in [6.07, 6.45) is 8.50. The largest absolute Gasteiger partial charge is 0.432 e. The van der Waals surface area contributed by atoms with Crippen LogP contribution in [0.2, 0.25) is 0 Å². The topological polar surface area (TPSA) is 35.0 Å². The molecule has 0 N–H and O–H groups in total. The van der Waals surface area contributed by atoms with Crippen LogP contribution in [0.15, 0.2) is 60.9 Å². The normalized spacial score (nSPS) is 17.1. The van der Waals surface area contributed by atoms with Crippen LogP contribution >= 0.6 is 0 Å². The minimum absolute atomic E-state index is 0.241. The van der Waals surface area contributed by atoms with Crippen LogP contribution in [-0.2, 0) is 6.11 Å². The third kappa shape index (κ3) is 7.05. The first-order valence-electron chi connectivity index (χ1n) is 14.7. The number of hydrogen-bond acceptors (Lipinski definition) is 3. The molecule has 1 heterocycles. The molecule has 1 aliphatic carbocycles. The van der Waals surface area contributed by atoms with E-state index in [2.05, 4.69) is 21.6 Å². The minimum Gasteiger partial charge on any atom is -0.429 e. The quantitative estimate of drug-likeness (QED) is 0.131. The smallest absolute Gasteiger partial charge is 0.429 e. The van der Waals surface area contributed by atoms with Crippen molar-refractivity contribution in [3.8, 4) is 28.3 Å². The van der Waals surface area contributed by atoms with Gasteiger partial charge in [0.1, 0.15) is 28.8 Å². The highest BCUT2D eigenvalue weighted by atomic mass is 19.3. The molecule has 0 aliphatic heterocycles. The van der Waals surface area contributed by atoms with E-state index in [0.29, 0.717) is 41.8 Å². The summed E-state index contributed by atoms with van der Waals surface area (Å²) < 4.78 is 105. The average molecular weight is 617 g/mol. The van der Waals surface area contributed by atoms with E-state index in [1.807, 2.05) is 0 Å². The van der Waals surface area contributed by atoms with Gasteiger partial charge in [-0.3, -0.25) is 0 Å². The molecule has 0 bridgehead atoms. The predicted octanol–water partition coefficient (Wildman–Crippen LogP) is 10.5. The Morgan fingerprint density at radius 1 is 0.727 bits per heavy atom. The van der Waals surface area contributed by atoms with Gasteiger partial charge < -0.3 is 4.74 Å². The van der Waals surface area contributed by atoms with Gasteiger partial charge in [-0.15, -0.1) is 0 Å². The Bertz CT molecular complexity index is 1580. The first-order chi connectivity index (χ1) is 21.1.